The van der Waals surface area contributed by atoms with Crippen LogP contribution in [-0.2, 0) is 13.2 Å². The molecule has 5 heteroatoms. The van der Waals surface area contributed by atoms with Gasteiger partial charge in [-0.25, -0.2) is 4.39 Å². The molecule has 104 valence electrons. The lowest BCUT2D eigenvalue weighted by Crippen LogP contribution is -2.12. The number of hydrogen-bond donors (Lipinski definition) is 2. The summed E-state index contributed by atoms with van der Waals surface area (Å²) in [5, 5.41) is 0. The first-order chi connectivity index (χ1) is 9.60. The van der Waals surface area contributed by atoms with Crippen LogP contribution in [0.2, 0.25) is 0 Å². The predicted molar refractivity (Wildman–Crippen MR) is 73.6 cm³/mol. The molecule has 2 aromatic rings. The van der Waals surface area contributed by atoms with Gasteiger partial charge < -0.3 is 16.2 Å². The average molecular weight is 274 g/mol. The van der Waals surface area contributed by atoms with Gasteiger partial charge in [0.1, 0.15) is 18.2 Å². The second-order valence-corrected chi connectivity index (χ2v) is 4.31. The topological polar surface area (TPSA) is 78.3 Å². The van der Waals surface area contributed by atoms with Crippen molar-refractivity contribution >= 4 is 5.91 Å². The zero-order chi connectivity index (χ0) is 14.5. The SMILES string of the molecule is NCc1ccc(OCc2cc(C(N)=O)ccc2F)cc1. The van der Waals surface area contributed by atoms with Crippen LogP contribution in [0.4, 0.5) is 4.39 Å². The quantitative estimate of drug-likeness (QED) is 0.874. The molecule has 2 aromatic carbocycles. The molecule has 4 nitrogen and oxygen atoms in total. The summed E-state index contributed by atoms with van der Waals surface area (Å²) >= 11 is 0. The third-order valence-corrected chi connectivity index (χ3v) is 2.88. The van der Waals surface area contributed by atoms with Gasteiger partial charge in [-0.3, -0.25) is 4.79 Å². The van der Waals surface area contributed by atoms with Gasteiger partial charge in [-0.05, 0) is 35.9 Å². The summed E-state index contributed by atoms with van der Waals surface area (Å²) in [5.41, 5.74) is 12.2. The Labute approximate surface area is 116 Å². The highest BCUT2D eigenvalue weighted by molar-refractivity contribution is 5.92. The van der Waals surface area contributed by atoms with Crippen molar-refractivity contribution < 1.29 is 13.9 Å². The van der Waals surface area contributed by atoms with Gasteiger partial charge in [-0.2, -0.15) is 0 Å². The molecule has 0 aliphatic carbocycles. The molecule has 4 N–H and O–H groups in total. The van der Waals surface area contributed by atoms with Gasteiger partial charge in [0.05, 0.1) is 0 Å². The summed E-state index contributed by atoms with van der Waals surface area (Å²) in [7, 11) is 0. The lowest BCUT2D eigenvalue weighted by molar-refractivity contribution is 0.1000. The number of carbonyl (C=O) groups excluding carboxylic acids is 1. The highest BCUT2D eigenvalue weighted by Crippen LogP contribution is 2.16. The molecule has 1 amide bonds. The van der Waals surface area contributed by atoms with Crippen LogP contribution in [-0.4, -0.2) is 5.91 Å². The molecule has 20 heavy (non-hydrogen) atoms. The summed E-state index contributed by atoms with van der Waals surface area (Å²) in [6.07, 6.45) is 0. The van der Waals surface area contributed by atoms with Crippen LogP contribution < -0.4 is 16.2 Å². The number of rotatable bonds is 5. The summed E-state index contributed by atoms with van der Waals surface area (Å²) in [4.78, 5) is 11.1. The standard InChI is InChI=1S/C15H15FN2O2/c16-14-6-3-11(15(18)19)7-12(14)9-20-13-4-1-10(8-17)2-5-13/h1-7H,8-9,17H2,(H2,18,19). The molecule has 0 spiro atoms. The molecule has 0 aliphatic heterocycles. The maximum absolute atomic E-state index is 13.6. The second-order valence-electron chi connectivity index (χ2n) is 4.31. The van der Waals surface area contributed by atoms with Crippen molar-refractivity contribution in [2.75, 3.05) is 0 Å². The average Bonchev–Trinajstić information content (AvgIpc) is 2.46. The molecule has 0 bridgehead atoms. The number of ether oxygens (including phenoxy) is 1. The molecule has 0 saturated carbocycles. The van der Waals surface area contributed by atoms with E-state index < -0.39 is 11.7 Å². The fourth-order valence-electron chi connectivity index (χ4n) is 1.72. The molecule has 0 aliphatic rings. The Kier molecular flexibility index (Phi) is 4.32. The zero-order valence-corrected chi connectivity index (χ0v) is 10.8. The number of amides is 1. The van der Waals surface area contributed by atoms with Crippen LogP contribution in [0.3, 0.4) is 0 Å². The summed E-state index contributed by atoms with van der Waals surface area (Å²) in [6, 6.07) is 11.1. The van der Waals surface area contributed by atoms with Gasteiger partial charge in [-0.15, -0.1) is 0 Å². The molecule has 0 heterocycles. The monoisotopic (exact) mass is 274 g/mol. The number of carbonyl (C=O) groups is 1. The normalized spacial score (nSPS) is 10.3. The zero-order valence-electron chi connectivity index (χ0n) is 10.8. The Hall–Kier alpha value is -2.40. The van der Waals surface area contributed by atoms with Crippen LogP contribution >= 0.6 is 0 Å². The third kappa shape index (κ3) is 3.33. The van der Waals surface area contributed by atoms with Gasteiger partial charge in [0.2, 0.25) is 5.91 Å². The third-order valence-electron chi connectivity index (χ3n) is 2.88. The molecule has 0 radical (unpaired) electrons. The highest BCUT2D eigenvalue weighted by Gasteiger charge is 2.08. The Morgan fingerprint density at radius 2 is 1.85 bits per heavy atom. The van der Waals surface area contributed by atoms with E-state index in [4.69, 9.17) is 16.2 Å². The minimum Gasteiger partial charge on any atom is -0.489 e. The predicted octanol–water partition coefficient (Wildman–Crippen LogP) is 1.96. The molecule has 0 atom stereocenters. The van der Waals surface area contributed by atoms with Gasteiger partial charge in [0, 0.05) is 17.7 Å². The number of hydrogen-bond acceptors (Lipinski definition) is 3. The number of primary amides is 1. The second kappa shape index (κ2) is 6.16. The fourth-order valence-corrected chi connectivity index (χ4v) is 1.72. The molecular formula is C15H15FN2O2. The Morgan fingerprint density at radius 1 is 1.15 bits per heavy atom. The lowest BCUT2D eigenvalue weighted by atomic mass is 10.1. The van der Waals surface area contributed by atoms with E-state index >= 15 is 0 Å². The summed E-state index contributed by atoms with van der Waals surface area (Å²) < 4.78 is 19.1. The van der Waals surface area contributed by atoms with E-state index in [-0.39, 0.29) is 17.7 Å². The van der Waals surface area contributed by atoms with E-state index in [9.17, 15) is 9.18 Å². The largest absolute Gasteiger partial charge is 0.489 e. The van der Waals surface area contributed by atoms with Gasteiger partial charge >= 0.3 is 0 Å². The minimum absolute atomic E-state index is 0.0227. The molecule has 0 unspecified atom stereocenters. The van der Waals surface area contributed by atoms with Crippen molar-refractivity contribution in [3.63, 3.8) is 0 Å². The number of nitrogens with two attached hydrogens (primary N) is 2. The summed E-state index contributed by atoms with van der Waals surface area (Å²) in [5.74, 6) is -0.432. The Bertz CT molecular complexity index is 612. The first-order valence-electron chi connectivity index (χ1n) is 6.10. The van der Waals surface area contributed by atoms with E-state index in [1.165, 1.54) is 18.2 Å². The molecule has 0 saturated heterocycles. The van der Waals surface area contributed by atoms with E-state index in [1.54, 1.807) is 12.1 Å². The molecule has 2 rings (SSSR count). The van der Waals surface area contributed by atoms with Crippen molar-refractivity contribution in [2.24, 2.45) is 11.5 Å². The minimum atomic E-state index is -0.599. The van der Waals surface area contributed by atoms with Crippen molar-refractivity contribution in [3.8, 4) is 5.75 Å². The molecular weight excluding hydrogens is 259 g/mol. The maximum Gasteiger partial charge on any atom is 0.248 e. The van der Waals surface area contributed by atoms with Crippen LogP contribution in [0.5, 0.6) is 5.75 Å². The first-order valence-corrected chi connectivity index (χ1v) is 6.10. The van der Waals surface area contributed by atoms with Crippen molar-refractivity contribution in [3.05, 3.63) is 65.0 Å². The van der Waals surface area contributed by atoms with E-state index in [0.717, 1.165) is 5.56 Å². The van der Waals surface area contributed by atoms with Gasteiger partial charge in [0.15, 0.2) is 0 Å². The van der Waals surface area contributed by atoms with E-state index in [0.29, 0.717) is 12.3 Å². The highest BCUT2D eigenvalue weighted by atomic mass is 19.1. The Morgan fingerprint density at radius 3 is 2.45 bits per heavy atom. The van der Waals surface area contributed by atoms with Crippen LogP contribution in [0.15, 0.2) is 42.5 Å². The van der Waals surface area contributed by atoms with Crippen LogP contribution in [0.25, 0.3) is 0 Å². The molecule has 0 aromatic heterocycles. The number of benzene rings is 2. The lowest BCUT2D eigenvalue weighted by Gasteiger charge is -2.08. The fraction of sp³-hybridized carbons (Fsp3) is 0.133. The van der Waals surface area contributed by atoms with E-state index in [1.807, 2.05) is 12.1 Å². The van der Waals surface area contributed by atoms with Crippen molar-refractivity contribution in [1.82, 2.24) is 0 Å². The van der Waals surface area contributed by atoms with Gasteiger partial charge in [-0.1, -0.05) is 12.1 Å². The van der Waals surface area contributed by atoms with Crippen molar-refractivity contribution in [2.45, 2.75) is 13.2 Å². The van der Waals surface area contributed by atoms with E-state index in [2.05, 4.69) is 0 Å². The van der Waals surface area contributed by atoms with Crippen molar-refractivity contribution in [1.29, 1.82) is 0 Å². The maximum atomic E-state index is 13.6. The molecule has 0 fully saturated rings. The summed E-state index contributed by atoms with van der Waals surface area (Å²) in [6.45, 7) is 0.477. The smallest absolute Gasteiger partial charge is 0.248 e. The van der Waals surface area contributed by atoms with Crippen LogP contribution in [0.1, 0.15) is 21.5 Å². The van der Waals surface area contributed by atoms with Crippen LogP contribution in [0, 0.1) is 5.82 Å². The Balaban J connectivity index is 2.09. The first kappa shape index (κ1) is 14.0. The number of halogens is 1. The van der Waals surface area contributed by atoms with Gasteiger partial charge in [0.25, 0.3) is 0 Å².